The molecule has 2 atom stereocenters. The summed E-state index contributed by atoms with van der Waals surface area (Å²) in [6.07, 6.45) is -0.0659. The zero-order chi connectivity index (χ0) is 22.3. The van der Waals surface area contributed by atoms with Crippen LogP contribution in [0.25, 0.3) is 5.69 Å². The lowest BCUT2D eigenvalue weighted by molar-refractivity contribution is -0.126. The fourth-order valence-corrected chi connectivity index (χ4v) is 4.43. The fraction of sp³-hybridized carbons (Fsp3) is 0.308. The molecule has 0 bridgehead atoms. The summed E-state index contributed by atoms with van der Waals surface area (Å²) in [5.74, 6) is -0.675. The summed E-state index contributed by atoms with van der Waals surface area (Å²) in [4.78, 5) is 27.9. The van der Waals surface area contributed by atoms with Crippen molar-refractivity contribution in [1.82, 2.24) is 4.57 Å². The van der Waals surface area contributed by atoms with Gasteiger partial charge < -0.3 is 14.2 Å². The molecule has 160 valence electrons. The number of aromatic nitrogens is 1. The summed E-state index contributed by atoms with van der Waals surface area (Å²) in [7, 11) is 0. The zero-order valence-corrected chi connectivity index (χ0v) is 18.7. The van der Waals surface area contributed by atoms with Gasteiger partial charge in [-0.15, -0.1) is 0 Å². The van der Waals surface area contributed by atoms with Crippen molar-refractivity contribution in [2.75, 3.05) is 4.90 Å². The van der Waals surface area contributed by atoms with Crippen LogP contribution in [0, 0.1) is 20.8 Å². The lowest BCUT2D eigenvalue weighted by Crippen LogP contribution is -2.43. The number of anilines is 1. The highest BCUT2D eigenvalue weighted by atomic mass is 16.5. The number of esters is 1. The van der Waals surface area contributed by atoms with Crippen LogP contribution in [0.2, 0.25) is 0 Å². The van der Waals surface area contributed by atoms with Crippen molar-refractivity contribution in [3.8, 4) is 5.69 Å². The molecule has 2 aromatic carbocycles. The van der Waals surface area contributed by atoms with Gasteiger partial charge in [0.05, 0.1) is 5.56 Å². The molecule has 1 aromatic heterocycles. The number of aryl methyl sites for hydroxylation is 2. The molecule has 0 fully saturated rings. The van der Waals surface area contributed by atoms with Crippen LogP contribution in [-0.2, 0) is 16.0 Å². The molecule has 1 amide bonds. The summed E-state index contributed by atoms with van der Waals surface area (Å²) < 4.78 is 7.66. The number of ether oxygens (including phenoxy) is 1. The third-order valence-corrected chi connectivity index (χ3v) is 6.02. The summed E-state index contributed by atoms with van der Waals surface area (Å²) in [6, 6.07) is 17.9. The number of rotatable bonds is 4. The van der Waals surface area contributed by atoms with Crippen molar-refractivity contribution in [3.63, 3.8) is 0 Å². The molecule has 1 aliphatic heterocycles. The van der Waals surface area contributed by atoms with Gasteiger partial charge in [0, 0.05) is 28.8 Å². The third kappa shape index (κ3) is 3.76. The summed E-state index contributed by atoms with van der Waals surface area (Å²) in [5, 5.41) is 0. The van der Waals surface area contributed by atoms with E-state index in [1.54, 1.807) is 11.8 Å². The van der Waals surface area contributed by atoms with E-state index in [-0.39, 0.29) is 11.9 Å². The van der Waals surface area contributed by atoms with Crippen LogP contribution in [0.1, 0.15) is 46.7 Å². The Morgan fingerprint density at radius 1 is 1.03 bits per heavy atom. The first-order chi connectivity index (χ1) is 14.8. The van der Waals surface area contributed by atoms with E-state index in [0.717, 1.165) is 34.7 Å². The van der Waals surface area contributed by atoms with Crippen molar-refractivity contribution in [3.05, 3.63) is 82.7 Å². The molecule has 0 radical (unpaired) electrons. The third-order valence-electron chi connectivity index (χ3n) is 6.02. The topological polar surface area (TPSA) is 51.5 Å². The Balaban J connectivity index is 1.54. The van der Waals surface area contributed by atoms with Gasteiger partial charge in [-0.3, -0.25) is 4.79 Å². The maximum absolute atomic E-state index is 13.1. The molecule has 0 spiro atoms. The molecule has 0 N–H and O–H groups in total. The zero-order valence-electron chi connectivity index (χ0n) is 18.7. The number of fused-ring (bicyclic) bond motifs is 1. The van der Waals surface area contributed by atoms with E-state index in [9.17, 15) is 9.59 Å². The van der Waals surface area contributed by atoms with Crippen molar-refractivity contribution >= 4 is 17.6 Å². The fourth-order valence-electron chi connectivity index (χ4n) is 4.43. The molecule has 0 unspecified atom stereocenters. The van der Waals surface area contributed by atoms with Gasteiger partial charge in [-0.25, -0.2) is 4.79 Å². The number of carbonyl (C=O) groups is 2. The minimum Gasteiger partial charge on any atom is -0.449 e. The maximum atomic E-state index is 13.1. The lowest BCUT2D eigenvalue weighted by atomic mass is 10.1. The standard InChI is InChI=1S/C26H28N2O3/c1-16-10-12-22(13-11-16)27-18(3)15-23(19(27)4)26(30)31-20(5)25(29)28-17(2)14-21-8-6-7-9-24(21)28/h6-13,15,17,20H,14H2,1-5H3/t17-,20+/m1/s1. The molecule has 5 nitrogen and oxygen atoms in total. The Labute approximate surface area is 183 Å². The minimum absolute atomic E-state index is 0.0395. The maximum Gasteiger partial charge on any atom is 0.340 e. The van der Waals surface area contributed by atoms with E-state index >= 15 is 0 Å². The molecule has 2 heterocycles. The SMILES string of the molecule is Cc1ccc(-n2c(C)cc(C(=O)O[C@@H](C)C(=O)N3c4ccccc4C[C@H]3C)c2C)cc1. The summed E-state index contributed by atoms with van der Waals surface area (Å²) in [6.45, 7) is 9.56. The Bertz CT molecular complexity index is 1140. The van der Waals surface area contributed by atoms with Gasteiger partial charge in [-0.05, 0) is 70.9 Å². The quantitative estimate of drug-likeness (QED) is 0.567. The number of amides is 1. The second-order valence-corrected chi connectivity index (χ2v) is 8.39. The molecule has 1 aliphatic rings. The van der Waals surface area contributed by atoms with E-state index in [4.69, 9.17) is 4.74 Å². The number of hydrogen-bond donors (Lipinski definition) is 0. The average molecular weight is 417 g/mol. The monoisotopic (exact) mass is 416 g/mol. The van der Waals surface area contributed by atoms with Gasteiger partial charge in [-0.1, -0.05) is 35.9 Å². The van der Waals surface area contributed by atoms with Crippen LogP contribution in [0.4, 0.5) is 5.69 Å². The van der Waals surface area contributed by atoms with Gasteiger partial charge in [0.1, 0.15) is 0 Å². The number of hydrogen-bond acceptors (Lipinski definition) is 3. The largest absolute Gasteiger partial charge is 0.449 e. The molecule has 3 aromatic rings. The van der Waals surface area contributed by atoms with Crippen LogP contribution in [-0.4, -0.2) is 28.6 Å². The van der Waals surface area contributed by atoms with Crippen LogP contribution < -0.4 is 4.90 Å². The molecule has 0 saturated carbocycles. The van der Waals surface area contributed by atoms with E-state index in [1.165, 1.54) is 5.56 Å². The van der Waals surface area contributed by atoms with Crippen LogP contribution in [0.5, 0.6) is 0 Å². The number of nitrogens with zero attached hydrogens (tertiary/aromatic N) is 2. The normalized spacial score (nSPS) is 16.2. The smallest absolute Gasteiger partial charge is 0.340 e. The molecule has 0 aliphatic carbocycles. The van der Waals surface area contributed by atoms with Gasteiger partial charge in [0.15, 0.2) is 6.10 Å². The molecule has 31 heavy (non-hydrogen) atoms. The van der Waals surface area contributed by atoms with Gasteiger partial charge >= 0.3 is 5.97 Å². The van der Waals surface area contributed by atoms with Gasteiger partial charge in [0.2, 0.25) is 0 Å². The predicted molar refractivity (Wildman–Crippen MR) is 122 cm³/mol. The first kappa shape index (κ1) is 20.9. The van der Waals surface area contributed by atoms with E-state index in [1.807, 2.05) is 86.9 Å². The highest BCUT2D eigenvalue weighted by molar-refractivity contribution is 6.01. The van der Waals surface area contributed by atoms with Crippen LogP contribution >= 0.6 is 0 Å². The number of para-hydroxylation sites is 1. The first-order valence-corrected chi connectivity index (χ1v) is 10.7. The second-order valence-electron chi connectivity index (χ2n) is 8.39. The first-order valence-electron chi connectivity index (χ1n) is 10.7. The van der Waals surface area contributed by atoms with Crippen molar-refractivity contribution in [1.29, 1.82) is 0 Å². The van der Waals surface area contributed by atoms with Crippen molar-refractivity contribution in [2.45, 2.75) is 53.2 Å². The van der Waals surface area contributed by atoms with Crippen LogP contribution in [0.15, 0.2) is 54.6 Å². The van der Waals surface area contributed by atoms with Gasteiger partial charge in [-0.2, -0.15) is 0 Å². The Morgan fingerprint density at radius 2 is 1.71 bits per heavy atom. The van der Waals surface area contributed by atoms with E-state index < -0.39 is 12.1 Å². The molecular formula is C26H28N2O3. The highest BCUT2D eigenvalue weighted by Crippen LogP contribution is 2.32. The van der Waals surface area contributed by atoms with E-state index in [2.05, 4.69) is 0 Å². The van der Waals surface area contributed by atoms with Gasteiger partial charge in [0.25, 0.3) is 5.91 Å². The number of carbonyl (C=O) groups excluding carboxylic acids is 2. The van der Waals surface area contributed by atoms with Crippen LogP contribution in [0.3, 0.4) is 0 Å². The lowest BCUT2D eigenvalue weighted by Gasteiger charge is -2.26. The van der Waals surface area contributed by atoms with E-state index in [0.29, 0.717) is 5.56 Å². The minimum atomic E-state index is -0.872. The van der Waals surface area contributed by atoms with Crippen molar-refractivity contribution < 1.29 is 14.3 Å². The average Bonchev–Trinajstić information content (AvgIpc) is 3.23. The summed E-state index contributed by atoms with van der Waals surface area (Å²) in [5.41, 5.74) is 6.43. The number of benzene rings is 2. The Hall–Kier alpha value is -3.34. The molecule has 4 rings (SSSR count). The molecule has 5 heteroatoms. The second kappa shape index (κ2) is 8.06. The van der Waals surface area contributed by atoms with Crippen molar-refractivity contribution in [2.24, 2.45) is 0 Å². The predicted octanol–water partition coefficient (Wildman–Crippen LogP) is 4.93. The molecule has 0 saturated heterocycles. The Kier molecular flexibility index (Phi) is 5.44. The summed E-state index contributed by atoms with van der Waals surface area (Å²) >= 11 is 0. The Morgan fingerprint density at radius 3 is 2.42 bits per heavy atom. The highest BCUT2D eigenvalue weighted by Gasteiger charge is 2.35. The molecular weight excluding hydrogens is 388 g/mol.